The number of hydrogen-bond acceptors (Lipinski definition) is 2. The van der Waals surface area contributed by atoms with Crippen LogP contribution in [0.1, 0.15) is 18.1 Å². The molecule has 0 bridgehead atoms. The molecular formula is C17H17FN2OS. The smallest absolute Gasteiger partial charge is 0.251 e. The third-order valence-electron chi connectivity index (χ3n) is 3.31. The van der Waals surface area contributed by atoms with Crippen LogP contribution >= 0.6 is 12.2 Å². The Labute approximate surface area is 133 Å². The van der Waals surface area contributed by atoms with E-state index in [0.717, 1.165) is 11.1 Å². The van der Waals surface area contributed by atoms with E-state index in [1.54, 1.807) is 29.0 Å². The van der Waals surface area contributed by atoms with Crippen LogP contribution < -0.4 is 11.3 Å². The van der Waals surface area contributed by atoms with Gasteiger partial charge in [0.2, 0.25) is 0 Å². The van der Waals surface area contributed by atoms with E-state index in [1.807, 2.05) is 25.1 Å². The normalized spacial score (nSPS) is 12.5. The minimum absolute atomic E-state index is 0.0340. The van der Waals surface area contributed by atoms with Crippen molar-refractivity contribution in [3.63, 3.8) is 0 Å². The van der Waals surface area contributed by atoms with Crippen molar-refractivity contribution in [3.05, 3.63) is 69.9 Å². The van der Waals surface area contributed by atoms with Crippen molar-refractivity contribution in [2.45, 2.75) is 13.5 Å². The standard InChI is InChI=1S/C17H17FN2OS/c1-12(17(19)22)11-20-9-8-14(10-16(20)21)3-2-13-4-6-15(18)7-5-13/h2-10,12H,11H2,1H3,(H2,19,22)/b3-2+. The van der Waals surface area contributed by atoms with Gasteiger partial charge in [0.15, 0.2) is 0 Å². The summed E-state index contributed by atoms with van der Waals surface area (Å²) in [6.07, 6.45) is 5.37. The van der Waals surface area contributed by atoms with Gasteiger partial charge in [-0.2, -0.15) is 0 Å². The lowest BCUT2D eigenvalue weighted by Gasteiger charge is -2.11. The predicted octanol–water partition coefficient (Wildman–Crippen LogP) is 3.08. The second-order valence-corrected chi connectivity index (χ2v) is 5.61. The molecule has 0 aliphatic heterocycles. The maximum atomic E-state index is 12.8. The molecule has 22 heavy (non-hydrogen) atoms. The number of rotatable bonds is 5. The minimum atomic E-state index is -0.272. The van der Waals surface area contributed by atoms with Gasteiger partial charge in [0.1, 0.15) is 5.82 Å². The van der Waals surface area contributed by atoms with Crippen LogP contribution in [-0.4, -0.2) is 9.56 Å². The maximum Gasteiger partial charge on any atom is 0.251 e. The Bertz CT molecular complexity index is 750. The van der Waals surface area contributed by atoms with Gasteiger partial charge in [-0.3, -0.25) is 4.79 Å². The summed E-state index contributed by atoms with van der Waals surface area (Å²) < 4.78 is 14.4. The van der Waals surface area contributed by atoms with Crippen molar-refractivity contribution >= 4 is 29.4 Å². The van der Waals surface area contributed by atoms with Crippen molar-refractivity contribution in [1.29, 1.82) is 0 Å². The third kappa shape index (κ3) is 4.36. The molecule has 0 fully saturated rings. The minimum Gasteiger partial charge on any atom is -0.393 e. The Balaban J connectivity index is 2.14. The number of pyridine rings is 1. The Morgan fingerprint density at radius 1 is 1.27 bits per heavy atom. The van der Waals surface area contributed by atoms with E-state index < -0.39 is 0 Å². The first-order valence-corrected chi connectivity index (χ1v) is 7.30. The Hall–Kier alpha value is -2.27. The van der Waals surface area contributed by atoms with Crippen LogP contribution in [0.2, 0.25) is 0 Å². The summed E-state index contributed by atoms with van der Waals surface area (Å²) in [5, 5.41) is 0. The highest BCUT2D eigenvalue weighted by molar-refractivity contribution is 7.80. The molecule has 0 saturated heterocycles. The van der Waals surface area contributed by atoms with Gasteiger partial charge < -0.3 is 10.3 Å². The van der Waals surface area contributed by atoms with Gasteiger partial charge in [-0.15, -0.1) is 0 Å². The molecule has 0 radical (unpaired) electrons. The molecule has 1 aromatic carbocycles. The van der Waals surface area contributed by atoms with Gasteiger partial charge in [-0.25, -0.2) is 4.39 Å². The number of nitrogens with zero attached hydrogens (tertiary/aromatic N) is 1. The topological polar surface area (TPSA) is 48.0 Å². The highest BCUT2D eigenvalue weighted by Gasteiger charge is 2.07. The van der Waals surface area contributed by atoms with Crippen LogP contribution in [0.15, 0.2) is 47.4 Å². The summed E-state index contributed by atoms with van der Waals surface area (Å²) >= 11 is 4.92. The molecule has 1 atom stereocenters. The number of halogens is 1. The van der Waals surface area contributed by atoms with Crippen LogP contribution in [0.4, 0.5) is 4.39 Å². The van der Waals surface area contributed by atoms with Crippen molar-refractivity contribution < 1.29 is 4.39 Å². The summed E-state index contributed by atoms with van der Waals surface area (Å²) in [4.78, 5) is 12.4. The molecule has 2 N–H and O–H groups in total. The number of aromatic nitrogens is 1. The number of nitrogens with two attached hydrogens (primary N) is 1. The number of hydrogen-bond donors (Lipinski definition) is 1. The zero-order valence-electron chi connectivity index (χ0n) is 12.2. The first kappa shape index (κ1) is 16.1. The molecule has 0 spiro atoms. The molecule has 0 saturated carbocycles. The van der Waals surface area contributed by atoms with E-state index in [2.05, 4.69) is 0 Å². The van der Waals surface area contributed by atoms with Crippen LogP contribution in [-0.2, 0) is 6.54 Å². The zero-order chi connectivity index (χ0) is 16.1. The predicted molar refractivity (Wildman–Crippen MR) is 92.0 cm³/mol. The van der Waals surface area contributed by atoms with Gasteiger partial charge >= 0.3 is 0 Å². The van der Waals surface area contributed by atoms with E-state index in [1.165, 1.54) is 12.1 Å². The Morgan fingerprint density at radius 2 is 1.91 bits per heavy atom. The van der Waals surface area contributed by atoms with Gasteiger partial charge in [-0.05, 0) is 29.3 Å². The second-order valence-electron chi connectivity index (χ2n) is 5.14. The fourth-order valence-electron chi connectivity index (χ4n) is 1.93. The summed E-state index contributed by atoms with van der Waals surface area (Å²) in [7, 11) is 0. The lowest BCUT2D eigenvalue weighted by molar-refractivity contribution is 0.581. The molecule has 3 nitrogen and oxygen atoms in total. The van der Waals surface area contributed by atoms with Gasteiger partial charge in [0.05, 0.1) is 4.99 Å². The molecule has 0 aliphatic carbocycles. The molecule has 2 rings (SSSR count). The molecule has 5 heteroatoms. The molecule has 114 valence electrons. The van der Waals surface area contributed by atoms with Crippen LogP contribution in [0.25, 0.3) is 12.2 Å². The Morgan fingerprint density at radius 3 is 2.50 bits per heavy atom. The van der Waals surface area contributed by atoms with Crippen LogP contribution in [0, 0.1) is 11.7 Å². The third-order valence-corrected chi connectivity index (χ3v) is 3.72. The van der Waals surface area contributed by atoms with Crippen molar-refractivity contribution in [2.75, 3.05) is 0 Å². The van der Waals surface area contributed by atoms with E-state index >= 15 is 0 Å². The highest BCUT2D eigenvalue weighted by atomic mass is 32.1. The van der Waals surface area contributed by atoms with E-state index in [4.69, 9.17) is 18.0 Å². The monoisotopic (exact) mass is 316 g/mol. The van der Waals surface area contributed by atoms with E-state index in [9.17, 15) is 9.18 Å². The van der Waals surface area contributed by atoms with E-state index in [0.29, 0.717) is 11.5 Å². The lowest BCUT2D eigenvalue weighted by Crippen LogP contribution is -2.28. The molecular weight excluding hydrogens is 299 g/mol. The maximum absolute atomic E-state index is 12.8. The molecule has 0 aliphatic rings. The number of thiocarbonyl (C=S) groups is 1. The zero-order valence-corrected chi connectivity index (χ0v) is 13.0. The van der Waals surface area contributed by atoms with E-state index in [-0.39, 0.29) is 17.3 Å². The number of benzene rings is 1. The average Bonchev–Trinajstić information content (AvgIpc) is 2.49. The molecule has 1 unspecified atom stereocenters. The highest BCUT2D eigenvalue weighted by Crippen LogP contribution is 2.08. The first-order valence-electron chi connectivity index (χ1n) is 6.89. The van der Waals surface area contributed by atoms with Gasteiger partial charge in [0, 0.05) is 24.7 Å². The first-order chi connectivity index (χ1) is 10.5. The van der Waals surface area contributed by atoms with Crippen LogP contribution in [0.3, 0.4) is 0 Å². The summed E-state index contributed by atoms with van der Waals surface area (Å²) in [6.45, 7) is 2.35. The second kappa shape index (κ2) is 7.13. The van der Waals surface area contributed by atoms with Gasteiger partial charge in [0.25, 0.3) is 5.56 Å². The summed E-state index contributed by atoms with van der Waals surface area (Å²) in [5.41, 5.74) is 7.11. The molecule has 0 amide bonds. The fourth-order valence-corrected chi connectivity index (χ4v) is 2.00. The SMILES string of the molecule is CC(Cn1ccc(/C=C/c2ccc(F)cc2)cc1=O)C(N)=S. The van der Waals surface area contributed by atoms with Gasteiger partial charge in [-0.1, -0.05) is 43.4 Å². The lowest BCUT2D eigenvalue weighted by atomic mass is 10.1. The van der Waals surface area contributed by atoms with Crippen LogP contribution in [0.5, 0.6) is 0 Å². The quantitative estimate of drug-likeness (QED) is 0.862. The van der Waals surface area contributed by atoms with Crippen molar-refractivity contribution in [3.8, 4) is 0 Å². The summed E-state index contributed by atoms with van der Waals surface area (Å²) in [5.74, 6) is -0.306. The van der Waals surface area contributed by atoms with Crippen molar-refractivity contribution in [1.82, 2.24) is 4.57 Å². The molecule has 1 aromatic heterocycles. The van der Waals surface area contributed by atoms with Crippen molar-refractivity contribution in [2.24, 2.45) is 11.7 Å². The molecule has 2 aromatic rings. The largest absolute Gasteiger partial charge is 0.393 e. The summed E-state index contributed by atoms with van der Waals surface area (Å²) in [6, 6.07) is 9.54. The molecule has 1 heterocycles. The Kier molecular flexibility index (Phi) is 5.22. The fraction of sp³-hybridized carbons (Fsp3) is 0.176. The average molecular weight is 316 g/mol.